The highest BCUT2D eigenvalue weighted by Gasteiger charge is 2.21. The number of ether oxygens (including phenoxy) is 3. The smallest absolute Gasteiger partial charge is 0.241 e. The van der Waals surface area contributed by atoms with Gasteiger partial charge in [0.2, 0.25) is 5.91 Å². The van der Waals surface area contributed by atoms with Crippen molar-refractivity contribution < 1.29 is 19.0 Å². The summed E-state index contributed by atoms with van der Waals surface area (Å²) in [6, 6.07) is 13.5. The molecule has 3 rings (SSSR count). The monoisotopic (exact) mass is 385 g/mol. The van der Waals surface area contributed by atoms with Crippen LogP contribution in [0, 0.1) is 0 Å². The second-order valence-corrected chi connectivity index (χ2v) is 6.49. The van der Waals surface area contributed by atoms with Crippen LogP contribution in [0.15, 0.2) is 42.5 Å². The molecule has 0 unspecified atom stereocenters. The van der Waals surface area contributed by atoms with Crippen molar-refractivity contribution in [3.63, 3.8) is 0 Å². The van der Waals surface area contributed by atoms with E-state index < -0.39 is 0 Å². The molecule has 0 bridgehead atoms. The van der Waals surface area contributed by atoms with Gasteiger partial charge in [0.25, 0.3) is 0 Å². The van der Waals surface area contributed by atoms with Gasteiger partial charge in [-0.1, -0.05) is 0 Å². The highest BCUT2D eigenvalue weighted by Crippen LogP contribution is 2.28. The predicted octanol–water partition coefficient (Wildman–Crippen LogP) is 2.47. The summed E-state index contributed by atoms with van der Waals surface area (Å²) in [4.78, 5) is 16.8. The number of hydrogen-bond acceptors (Lipinski definition) is 6. The number of hydrogen-bond donors (Lipinski definition) is 1. The fourth-order valence-electron chi connectivity index (χ4n) is 3.24. The molecular formula is C21H27N3O4. The summed E-state index contributed by atoms with van der Waals surface area (Å²) >= 11 is 0. The van der Waals surface area contributed by atoms with Crippen LogP contribution in [0.5, 0.6) is 17.2 Å². The van der Waals surface area contributed by atoms with Gasteiger partial charge in [-0.2, -0.15) is 0 Å². The van der Waals surface area contributed by atoms with Crippen LogP contribution in [0.3, 0.4) is 0 Å². The Morgan fingerprint density at radius 2 is 1.54 bits per heavy atom. The standard InChI is InChI=1S/C21H27N3O4/c1-26-17-6-4-16(5-7-17)23-10-12-24(13-11-23)21(25)15-22-19-14-18(27-2)8-9-20(19)28-3/h4-9,14,22H,10-13,15H2,1-3H3. The van der Waals surface area contributed by atoms with Crippen LogP contribution in [-0.4, -0.2) is 64.9 Å². The van der Waals surface area contributed by atoms with E-state index in [1.54, 1.807) is 21.3 Å². The minimum Gasteiger partial charge on any atom is -0.497 e. The molecular weight excluding hydrogens is 358 g/mol. The number of carbonyl (C=O) groups is 1. The van der Waals surface area contributed by atoms with Gasteiger partial charge in [0.1, 0.15) is 17.2 Å². The number of nitrogens with zero attached hydrogens (tertiary/aromatic N) is 2. The van der Waals surface area contributed by atoms with Gasteiger partial charge in [0.05, 0.1) is 33.6 Å². The van der Waals surface area contributed by atoms with Crippen LogP contribution in [0.2, 0.25) is 0 Å². The molecule has 2 aromatic carbocycles. The van der Waals surface area contributed by atoms with Crippen molar-refractivity contribution in [1.82, 2.24) is 4.90 Å². The third-order valence-electron chi connectivity index (χ3n) is 4.91. The molecule has 28 heavy (non-hydrogen) atoms. The largest absolute Gasteiger partial charge is 0.497 e. The second-order valence-electron chi connectivity index (χ2n) is 6.49. The fraction of sp³-hybridized carbons (Fsp3) is 0.381. The molecule has 0 aromatic heterocycles. The maximum atomic E-state index is 12.6. The first-order valence-electron chi connectivity index (χ1n) is 9.27. The predicted molar refractivity (Wildman–Crippen MR) is 110 cm³/mol. The van der Waals surface area contributed by atoms with Crippen molar-refractivity contribution >= 4 is 17.3 Å². The molecule has 7 heteroatoms. The molecule has 1 N–H and O–H groups in total. The molecule has 1 amide bonds. The zero-order chi connectivity index (χ0) is 19.9. The molecule has 1 aliphatic heterocycles. The Morgan fingerprint density at radius 3 is 2.14 bits per heavy atom. The zero-order valence-corrected chi connectivity index (χ0v) is 16.6. The second kappa shape index (κ2) is 9.21. The third kappa shape index (κ3) is 4.60. The number of carbonyl (C=O) groups excluding carboxylic acids is 1. The molecule has 0 spiro atoms. The summed E-state index contributed by atoms with van der Waals surface area (Å²) in [6.07, 6.45) is 0. The number of anilines is 2. The summed E-state index contributed by atoms with van der Waals surface area (Å²) < 4.78 is 15.8. The fourth-order valence-corrected chi connectivity index (χ4v) is 3.24. The summed E-state index contributed by atoms with van der Waals surface area (Å²) in [6.45, 7) is 3.22. The molecule has 0 atom stereocenters. The first-order chi connectivity index (χ1) is 13.6. The molecule has 2 aromatic rings. The summed E-state index contributed by atoms with van der Waals surface area (Å²) in [5, 5.41) is 3.17. The maximum Gasteiger partial charge on any atom is 0.241 e. The normalized spacial score (nSPS) is 13.8. The van der Waals surface area contributed by atoms with E-state index in [9.17, 15) is 4.79 Å². The van der Waals surface area contributed by atoms with Crippen molar-refractivity contribution in [2.24, 2.45) is 0 Å². The molecule has 7 nitrogen and oxygen atoms in total. The van der Waals surface area contributed by atoms with Crippen LogP contribution >= 0.6 is 0 Å². The van der Waals surface area contributed by atoms with E-state index in [1.165, 1.54) is 0 Å². The van der Waals surface area contributed by atoms with Gasteiger partial charge in [-0.3, -0.25) is 4.79 Å². The SMILES string of the molecule is COc1ccc(N2CCN(C(=O)CNc3cc(OC)ccc3OC)CC2)cc1. The molecule has 1 saturated heterocycles. The van der Waals surface area contributed by atoms with Crippen LogP contribution < -0.4 is 24.4 Å². The molecule has 1 heterocycles. The number of amides is 1. The summed E-state index contributed by atoms with van der Waals surface area (Å²) in [5.74, 6) is 2.30. The molecule has 0 aliphatic carbocycles. The number of nitrogens with one attached hydrogen (secondary N) is 1. The lowest BCUT2D eigenvalue weighted by atomic mass is 10.2. The van der Waals surface area contributed by atoms with E-state index in [1.807, 2.05) is 47.4 Å². The number of rotatable bonds is 7. The zero-order valence-electron chi connectivity index (χ0n) is 16.6. The van der Waals surface area contributed by atoms with Crippen LogP contribution in [-0.2, 0) is 4.79 Å². The average molecular weight is 385 g/mol. The van der Waals surface area contributed by atoms with E-state index in [-0.39, 0.29) is 12.5 Å². The number of methoxy groups -OCH3 is 3. The van der Waals surface area contributed by atoms with E-state index in [0.717, 1.165) is 30.2 Å². The highest BCUT2D eigenvalue weighted by molar-refractivity contribution is 5.82. The van der Waals surface area contributed by atoms with Gasteiger partial charge in [-0.15, -0.1) is 0 Å². The Balaban J connectivity index is 1.52. The average Bonchev–Trinajstić information content (AvgIpc) is 2.77. The van der Waals surface area contributed by atoms with Crippen molar-refractivity contribution in [2.75, 3.05) is 64.3 Å². The van der Waals surface area contributed by atoms with E-state index in [4.69, 9.17) is 14.2 Å². The Morgan fingerprint density at radius 1 is 0.893 bits per heavy atom. The highest BCUT2D eigenvalue weighted by atomic mass is 16.5. The third-order valence-corrected chi connectivity index (χ3v) is 4.91. The summed E-state index contributed by atoms with van der Waals surface area (Å²) in [5.41, 5.74) is 1.89. The topological polar surface area (TPSA) is 63.3 Å². The van der Waals surface area contributed by atoms with E-state index in [0.29, 0.717) is 24.6 Å². The molecule has 1 aliphatic rings. The van der Waals surface area contributed by atoms with Gasteiger partial charge in [0.15, 0.2) is 0 Å². The van der Waals surface area contributed by atoms with E-state index in [2.05, 4.69) is 10.2 Å². The Kier molecular flexibility index (Phi) is 6.47. The van der Waals surface area contributed by atoms with Gasteiger partial charge in [-0.25, -0.2) is 0 Å². The van der Waals surface area contributed by atoms with Crippen molar-refractivity contribution in [1.29, 1.82) is 0 Å². The van der Waals surface area contributed by atoms with Crippen LogP contribution in [0.4, 0.5) is 11.4 Å². The molecule has 1 fully saturated rings. The van der Waals surface area contributed by atoms with Crippen molar-refractivity contribution in [3.05, 3.63) is 42.5 Å². The molecule has 150 valence electrons. The number of benzene rings is 2. The maximum absolute atomic E-state index is 12.6. The Labute approximate surface area is 165 Å². The number of piperazine rings is 1. The lowest BCUT2D eigenvalue weighted by Gasteiger charge is -2.36. The van der Waals surface area contributed by atoms with Gasteiger partial charge < -0.3 is 29.3 Å². The lowest BCUT2D eigenvalue weighted by molar-refractivity contribution is -0.129. The molecule has 0 radical (unpaired) electrons. The minimum atomic E-state index is 0.0688. The first-order valence-corrected chi connectivity index (χ1v) is 9.27. The Bertz CT molecular complexity index is 787. The van der Waals surface area contributed by atoms with E-state index >= 15 is 0 Å². The molecule has 0 saturated carbocycles. The van der Waals surface area contributed by atoms with Gasteiger partial charge in [-0.05, 0) is 36.4 Å². The lowest BCUT2D eigenvalue weighted by Crippen LogP contribution is -2.50. The van der Waals surface area contributed by atoms with Gasteiger partial charge in [0, 0.05) is 37.9 Å². The van der Waals surface area contributed by atoms with Crippen LogP contribution in [0.1, 0.15) is 0 Å². The minimum absolute atomic E-state index is 0.0688. The van der Waals surface area contributed by atoms with Crippen molar-refractivity contribution in [2.45, 2.75) is 0 Å². The Hall–Kier alpha value is -3.09. The summed E-state index contributed by atoms with van der Waals surface area (Å²) in [7, 11) is 4.88. The van der Waals surface area contributed by atoms with Crippen molar-refractivity contribution in [3.8, 4) is 17.2 Å². The first kappa shape index (κ1) is 19.7. The van der Waals surface area contributed by atoms with Crippen LogP contribution in [0.25, 0.3) is 0 Å². The van der Waals surface area contributed by atoms with Gasteiger partial charge >= 0.3 is 0 Å². The quantitative estimate of drug-likeness (QED) is 0.790.